The summed E-state index contributed by atoms with van der Waals surface area (Å²) in [5, 5.41) is 0. The van der Waals surface area contributed by atoms with Gasteiger partial charge in [-0.25, -0.2) is 8.42 Å². The van der Waals surface area contributed by atoms with Crippen molar-refractivity contribution in [2.45, 2.75) is 44.4 Å². The van der Waals surface area contributed by atoms with Crippen LogP contribution in [-0.2, 0) is 14.8 Å². The second kappa shape index (κ2) is 7.96. The van der Waals surface area contributed by atoms with Gasteiger partial charge in [-0.2, -0.15) is 4.31 Å². The number of piperidine rings is 1. The molecule has 1 unspecified atom stereocenters. The smallest absolute Gasteiger partial charge is 0.243 e. The minimum atomic E-state index is -3.60. The summed E-state index contributed by atoms with van der Waals surface area (Å²) in [7, 11) is -3.60. The molecule has 2 aliphatic heterocycles. The second-order valence-electron chi connectivity index (χ2n) is 7.09. The number of aryl methyl sites for hydroxylation is 1. The molecule has 2 heterocycles. The average molecular weight is 381 g/mol. The van der Waals surface area contributed by atoms with Gasteiger partial charge in [-0.15, -0.1) is 0 Å². The van der Waals surface area contributed by atoms with Gasteiger partial charge in [0.05, 0.1) is 17.4 Å². The van der Waals surface area contributed by atoms with Gasteiger partial charge < -0.3 is 9.64 Å². The van der Waals surface area contributed by atoms with Crippen molar-refractivity contribution in [2.24, 2.45) is 5.92 Å². The van der Waals surface area contributed by atoms with Crippen molar-refractivity contribution in [1.29, 1.82) is 0 Å². The van der Waals surface area contributed by atoms with Crippen LogP contribution >= 0.6 is 0 Å². The van der Waals surface area contributed by atoms with Crippen molar-refractivity contribution in [3.05, 3.63) is 23.8 Å². The first-order chi connectivity index (χ1) is 12.4. The predicted molar refractivity (Wildman–Crippen MR) is 99.6 cm³/mol. The quantitative estimate of drug-likeness (QED) is 0.787. The molecule has 0 aromatic heterocycles. The number of benzene rings is 1. The fourth-order valence-electron chi connectivity index (χ4n) is 3.81. The van der Waals surface area contributed by atoms with Crippen LogP contribution in [0.25, 0.3) is 0 Å². The number of rotatable bonds is 5. The summed E-state index contributed by atoms with van der Waals surface area (Å²) in [5.74, 6) is 0.595. The summed E-state index contributed by atoms with van der Waals surface area (Å²) in [6.45, 7) is 6.65. The molecule has 2 aliphatic rings. The van der Waals surface area contributed by atoms with E-state index in [9.17, 15) is 13.2 Å². The van der Waals surface area contributed by atoms with Gasteiger partial charge in [0.1, 0.15) is 5.75 Å². The lowest BCUT2D eigenvalue weighted by atomic mass is 9.98. The van der Waals surface area contributed by atoms with Crippen LogP contribution in [0.2, 0.25) is 0 Å². The third-order valence-corrected chi connectivity index (χ3v) is 7.10. The Bertz CT molecular complexity index is 757. The third-order valence-electron chi connectivity index (χ3n) is 5.24. The van der Waals surface area contributed by atoms with Crippen molar-refractivity contribution >= 4 is 15.9 Å². The molecule has 0 bridgehead atoms. The number of carbonyl (C=O) groups is 1. The fourth-order valence-corrected chi connectivity index (χ4v) is 5.42. The maximum absolute atomic E-state index is 13.1. The molecule has 1 aromatic carbocycles. The Balaban J connectivity index is 1.76. The molecule has 0 spiro atoms. The summed E-state index contributed by atoms with van der Waals surface area (Å²) < 4.78 is 33.1. The van der Waals surface area contributed by atoms with Crippen LogP contribution in [0.5, 0.6) is 5.75 Å². The maximum Gasteiger partial charge on any atom is 0.243 e. The SMILES string of the molecule is CCOc1ccc(S(=O)(=O)N2CCCC(C(=O)N3CCCC3)C2)cc1C. The molecule has 6 nitrogen and oxygen atoms in total. The van der Waals surface area contributed by atoms with Crippen LogP contribution < -0.4 is 4.74 Å². The molecule has 2 fully saturated rings. The summed E-state index contributed by atoms with van der Waals surface area (Å²) in [6, 6.07) is 4.97. The Morgan fingerprint density at radius 3 is 2.58 bits per heavy atom. The van der Waals surface area contributed by atoms with Crippen molar-refractivity contribution < 1.29 is 17.9 Å². The molecule has 1 aromatic rings. The Labute approximate surface area is 156 Å². The highest BCUT2D eigenvalue weighted by atomic mass is 32.2. The lowest BCUT2D eigenvalue weighted by Gasteiger charge is -2.33. The van der Waals surface area contributed by atoms with Gasteiger partial charge in [-0.1, -0.05) is 0 Å². The van der Waals surface area contributed by atoms with E-state index >= 15 is 0 Å². The highest BCUT2D eigenvalue weighted by Crippen LogP contribution is 2.28. The molecule has 7 heteroatoms. The molecule has 0 aliphatic carbocycles. The van der Waals surface area contributed by atoms with Gasteiger partial charge in [0.2, 0.25) is 15.9 Å². The first-order valence-corrected chi connectivity index (χ1v) is 10.9. The van der Waals surface area contributed by atoms with Gasteiger partial charge in [-0.05, 0) is 63.3 Å². The normalized spacial score (nSPS) is 21.8. The zero-order chi connectivity index (χ0) is 18.7. The molecular weight excluding hydrogens is 352 g/mol. The number of amides is 1. The number of carbonyl (C=O) groups excluding carboxylic acids is 1. The van der Waals surface area contributed by atoms with Crippen LogP contribution in [-0.4, -0.2) is 56.3 Å². The zero-order valence-corrected chi connectivity index (χ0v) is 16.4. The molecular formula is C19H28N2O4S. The Morgan fingerprint density at radius 1 is 1.19 bits per heavy atom. The van der Waals surface area contributed by atoms with Gasteiger partial charge >= 0.3 is 0 Å². The molecule has 2 saturated heterocycles. The molecule has 0 saturated carbocycles. The number of ether oxygens (including phenoxy) is 1. The van der Waals surface area contributed by atoms with Crippen molar-refractivity contribution in [3.8, 4) is 5.75 Å². The van der Waals surface area contributed by atoms with Gasteiger partial charge in [0.25, 0.3) is 0 Å². The standard InChI is InChI=1S/C19H28N2O4S/c1-3-25-18-9-8-17(13-15(18)2)26(23,24)21-12-6-7-16(14-21)19(22)20-10-4-5-11-20/h8-9,13,16H,3-7,10-12,14H2,1-2H3. The molecule has 1 amide bonds. The number of likely N-dealkylation sites (tertiary alicyclic amines) is 1. The lowest BCUT2D eigenvalue weighted by molar-refractivity contribution is -0.135. The van der Waals surface area contributed by atoms with E-state index in [0.717, 1.165) is 44.3 Å². The predicted octanol–water partition coefficient (Wildman–Crippen LogP) is 2.42. The van der Waals surface area contributed by atoms with Crippen LogP contribution in [0.4, 0.5) is 0 Å². The van der Waals surface area contributed by atoms with Crippen LogP contribution in [0.3, 0.4) is 0 Å². The number of hydrogen-bond acceptors (Lipinski definition) is 4. The highest BCUT2D eigenvalue weighted by Gasteiger charge is 2.35. The first-order valence-electron chi connectivity index (χ1n) is 9.46. The van der Waals surface area contributed by atoms with Crippen LogP contribution in [0.1, 0.15) is 38.2 Å². The van der Waals surface area contributed by atoms with E-state index in [1.165, 1.54) is 4.31 Å². The van der Waals surface area contributed by atoms with Gasteiger partial charge in [-0.3, -0.25) is 4.79 Å². The minimum absolute atomic E-state index is 0.116. The topological polar surface area (TPSA) is 66.9 Å². The van der Waals surface area contributed by atoms with E-state index in [0.29, 0.717) is 18.9 Å². The van der Waals surface area contributed by atoms with E-state index in [4.69, 9.17) is 4.74 Å². The van der Waals surface area contributed by atoms with E-state index in [-0.39, 0.29) is 23.3 Å². The van der Waals surface area contributed by atoms with E-state index in [1.807, 2.05) is 18.7 Å². The van der Waals surface area contributed by atoms with E-state index in [2.05, 4.69) is 0 Å². The molecule has 0 N–H and O–H groups in total. The summed E-state index contributed by atoms with van der Waals surface area (Å²) in [6.07, 6.45) is 3.58. The molecule has 3 rings (SSSR count). The number of sulfonamides is 1. The summed E-state index contributed by atoms with van der Waals surface area (Å²) in [4.78, 5) is 14.8. The van der Waals surface area contributed by atoms with E-state index < -0.39 is 10.0 Å². The summed E-state index contributed by atoms with van der Waals surface area (Å²) in [5.41, 5.74) is 0.801. The minimum Gasteiger partial charge on any atom is -0.494 e. The number of nitrogens with zero attached hydrogens (tertiary/aromatic N) is 2. The molecule has 144 valence electrons. The highest BCUT2D eigenvalue weighted by molar-refractivity contribution is 7.89. The Kier molecular flexibility index (Phi) is 5.87. The first kappa shape index (κ1) is 19.2. The fraction of sp³-hybridized carbons (Fsp3) is 0.632. The van der Waals surface area contributed by atoms with Gasteiger partial charge in [0.15, 0.2) is 0 Å². The van der Waals surface area contributed by atoms with Crippen LogP contribution in [0, 0.1) is 12.8 Å². The van der Waals surface area contributed by atoms with Crippen molar-refractivity contribution in [3.63, 3.8) is 0 Å². The van der Waals surface area contributed by atoms with Gasteiger partial charge in [0, 0.05) is 26.2 Å². The molecule has 1 atom stereocenters. The third kappa shape index (κ3) is 3.88. The Morgan fingerprint density at radius 2 is 1.92 bits per heavy atom. The zero-order valence-electron chi connectivity index (χ0n) is 15.6. The van der Waals surface area contributed by atoms with Crippen molar-refractivity contribution in [2.75, 3.05) is 32.8 Å². The summed E-state index contributed by atoms with van der Waals surface area (Å²) >= 11 is 0. The average Bonchev–Trinajstić information content (AvgIpc) is 3.17. The Hall–Kier alpha value is -1.60. The van der Waals surface area contributed by atoms with Crippen molar-refractivity contribution in [1.82, 2.24) is 9.21 Å². The number of hydrogen-bond donors (Lipinski definition) is 0. The lowest BCUT2D eigenvalue weighted by Crippen LogP contribution is -2.46. The van der Waals surface area contributed by atoms with E-state index in [1.54, 1.807) is 18.2 Å². The van der Waals surface area contributed by atoms with Crippen LogP contribution in [0.15, 0.2) is 23.1 Å². The second-order valence-corrected chi connectivity index (χ2v) is 9.03. The largest absolute Gasteiger partial charge is 0.494 e. The molecule has 0 radical (unpaired) electrons. The monoisotopic (exact) mass is 380 g/mol. The maximum atomic E-state index is 13.1. The molecule has 26 heavy (non-hydrogen) atoms.